The summed E-state index contributed by atoms with van der Waals surface area (Å²) in [7, 11) is 3.63. The molecular weight excluding hydrogens is 344 g/mol. The quantitative estimate of drug-likeness (QED) is 0.777. The summed E-state index contributed by atoms with van der Waals surface area (Å²) in [6.07, 6.45) is 2.78. The Morgan fingerprint density at radius 2 is 1.96 bits per heavy atom. The lowest BCUT2D eigenvalue weighted by Crippen LogP contribution is -2.31. The predicted octanol–water partition coefficient (Wildman–Crippen LogP) is 1.12. The molecule has 1 saturated heterocycles. The molecule has 3 rings (SSSR count). The van der Waals surface area contributed by atoms with Gasteiger partial charge in [-0.3, -0.25) is 0 Å². The van der Waals surface area contributed by atoms with Crippen LogP contribution in [0.1, 0.15) is 24.8 Å². The minimum absolute atomic E-state index is 0.164. The maximum atomic E-state index is 13.0. The van der Waals surface area contributed by atoms with Crippen molar-refractivity contribution in [3.8, 4) is 0 Å². The molecule has 136 valence electrons. The van der Waals surface area contributed by atoms with Crippen LogP contribution in [0.25, 0.3) is 0 Å². The van der Waals surface area contributed by atoms with E-state index in [0.717, 1.165) is 6.42 Å². The molecule has 0 amide bonds. The van der Waals surface area contributed by atoms with E-state index in [0.29, 0.717) is 30.6 Å². The maximum absolute atomic E-state index is 13.0. The summed E-state index contributed by atoms with van der Waals surface area (Å²) in [5, 5.41) is 3.88. The van der Waals surface area contributed by atoms with Gasteiger partial charge in [0.25, 0.3) is 5.95 Å². The molecule has 0 N–H and O–H groups in total. The van der Waals surface area contributed by atoms with Crippen LogP contribution in [0.15, 0.2) is 27.7 Å². The van der Waals surface area contributed by atoms with Gasteiger partial charge < -0.3 is 14.3 Å². The van der Waals surface area contributed by atoms with Crippen LogP contribution in [0.2, 0.25) is 0 Å². The first-order valence-electron chi connectivity index (χ1n) is 7.97. The minimum atomic E-state index is -3.68. The van der Waals surface area contributed by atoms with E-state index in [2.05, 4.69) is 15.1 Å². The third-order valence-corrected chi connectivity index (χ3v) is 6.00. The first-order chi connectivity index (χ1) is 11.8. The molecule has 0 unspecified atom stereocenters. The summed E-state index contributed by atoms with van der Waals surface area (Å²) >= 11 is 0. The van der Waals surface area contributed by atoms with Crippen LogP contribution in [-0.2, 0) is 10.0 Å². The lowest BCUT2D eigenvalue weighted by atomic mass is 10.2. The molecule has 10 heteroatoms. The summed E-state index contributed by atoms with van der Waals surface area (Å²) in [5.41, 5.74) is 0. The fourth-order valence-electron chi connectivity index (χ4n) is 2.74. The molecule has 0 aromatic carbocycles. The van der Waals surface area contributed by atoms with Gasteiger partial charge in [0.15, 0.2) is 0 Å². The Bertz CT molecular complexity index is 831. The minimum Gasteiger partial charge on any atom is -0.363 e. The third-order valence-electron chi connectivity index (χ3n) is 4.11. The van der Waals surface area contributed by atoms with Crippen LogP contribution in [0.5, 0.6) is 0 Å². The molecule has 3 heterocycles. The third kappa shape index (κ3) is 3.31. The summed E-state index contributed by atoms with van der Waals surface area (Å²) in [4.78, 5) is 12.2. The molecule has 0 radical (unpaired) electrons. The van der Waals surface area contributed by atoms with E-state index in [9.17, 15) is 8.42 Å². The van der Waals surface area contributed by atoms with Crippen molar-refractivity contribution in [2.75, 3.05) is 44.5 Å². The molecule has 25 heavy (non-hydrogen) atoms. The zero-order valence-corrected chi connectivity index (χ0v) is 15.6. The Morgan fingerprint density at radius 3 is 2.52 bits per heavy atom. The van der Waals surface area contributed by atoms with Gasteiger partial charge in [0.1, 0.15) is 16.8 Å². The Labute approximate surface area is 147 Å². The Balaban J connectivity index is 1.89. The molecule has 1 fully saturated rings. The lowest BCUT2D eigenvalue weighted by molar-refractivity contribution is 0.290. The molecule has 0 spiro atoms. The number of hydrogen-bond donors (Lipinski definition) is 0. The van der Waals surface area contributed by atoms with Crippen molar-refractivity contribution in [1.29, 1.82) is 0 Å². The molecule has 0 bridgehead atoms. The second-order valence-corrected chi connectivity index (χ2v) is 8.24. The summed E-state index contributed by atoms with van der Waals surface area (Å²) in [6.45, 7) is 0.419. The first-order valence-corrected chi connectivity index (χ1v) is 9.41. The normalized spacial score (nSPS) is 18.5. The smallest absolute Gasteiger partial charge is 0.265 e. The summed E-state index contributed by atoms with van der Waals surface area (Å²) in [6, 6.07) is 2.82. The molecule has 0 saturated carbocycles. The molecule has 2 aromatic rings. The lowest BCUT2D eigenvalue weighted by Gasteiger charge is -2.21. The van der Waals surface area contributed by atoms with Crippen molar-refractivity contribution >= 4 is 21.8 Å². The van der Waals surface area contributed by atoms with Crippen LogP contribution >= 0.6 is 0 Å². The molecule has 9 nitrogen and oxygen atoms in total. The Hall–Kier alpha value is -2.20. The molecule has 1 aliphatic heterocycles. The van der Waals surface area contributed by atoms with E-state index in [1.54, 1.807) is 31.1 Å². The standard InChI is InChI=1S/C15H22N6O3S/c1-19(2)13-8-7-11(10-16-13)25(22,23)21-9-5-6-12(21)14-17-15(18-24-14)20(3)4/h7-8,10,12H,5-6,9H2,1-4H3/t12-/m0/s1. The van der Waals surface area contributed by atoms with Gasteiger partial charge in [-0.15, -0.1) is 0 Å². The number of pyridine rings is 1. The topological polar surface area (TPSA) is 95.7 Å². The largest absolute Gasteiger partial charge is 0.363 e. The molecular formula is C15H22N6O3S. The highest BCUT2D eigenvalue weighted by Crippen LogP contribution is 2.36. The SMILES string of the molecule is CN(C)c1ccc(S(=O)(=O)N2CCC[C@H]2c2nc(N(C)C)no2)cn1. The van der Waals surface area contributed by atoms with E-state index < -0.39 is 16.1 Å². The number of hydrogen-bond acceptors (Lipinski definition) is 8. The zero-order valence-electron chi connectivity index (χ0n) is 14.7. The van der Waals surface area contributed by atoms with Crippen molar-refractivity contribution in [2.45, 2.75) is 23.8 Å². The highest BCUT2D eigenvalue weighted by Gasteiger charge is 2.39. The zero-order chi connectivity index (χ0) is 18.2. The van der Waals surface area contributed by atoms with Gasteiger partial charge in [0, 0.05) is 40.9 Å². The fourth-order valence-corrected chi connectivity index (χ4v) is 4.34. The number of anilines is 2. The number of aromatic nitrogens is 3. The molecule has 0 aliphatic carbocycles. The van der Waals surface area contributed by atoms with Gasteiger partial charge in [0.05, 0.1) is 0 Å². The van der Waals surface area contributed by atoms with E-state index in [1.165, 1.54) is 10.5 Å². The summed E-state index contributed by atoms with van der Waals surface area (Å²) < 4.78 is 32.7. The molecule has 1 atom stereocenters. The first kappa shape index (κ1) is 17.6. The number of nitrogens with zero attached hydrogens (tertiary/aromatic N) is 6. The number of rotatable bonds is 5. The Morgan fingerprint density at radius 1 is 1.20 bits per heavy atom. The van der Waals surface area contributed by atoms with Crippen LogP contribution in [0, 0.1) is 0 Å². The second kappa shape index (κ2) is 6.60. The maximum Gasteiger partial charge on any atom is 0.265 e. The predicted molar refractivity (Wildman–Crippen MR) is 93.1 cm³/mol. The average molecular weight is 366 g/mol. The Kier molecular flexibility index (Phi) is 4.65. The fraction of sp³-hybridized carbons (Fsp3) is 0.533. The average Bonchev–Trinajstić information content (AvgIpc) is 3.24. The van der Waals surface area contributed by atoms with Crippen molar-refractivity contribution in [3.63, 3.8) is 0 Å². The van der Waals surface area contributed by atoms with Crippen molar-refractivity contribution in [2.24, 2.45) is 0 Å². The van der Waals surface area contributed by atoms with E-state index >= 15 is 0 Å². The van der Waals surface area contributed by atoms with E-state index in [4.69, 9.17) is 4.52 Å². The van der Waals surface area contributed by atoms with Gasteiger partial charge in [-0.1, -0.05) is 0 Å². The highest BCUT2D eigenvalue weighted by molar-refractivity contribution is 7.89. The van der Waals surface area contributed by atoms with E-state index in [1.807, 2.05) is 19.0 Å². The van der Waals surface area contributed by atoms with E-state index in [-0.39, 0.29) is 4.90 Å². The van der Waals surface area contributed by atoms with Crippen molar-refractivity contribution in [3.05, 3.63) is 24.2 Å². The van der Waals surface area contributed by atoms with Gasteiger partial charge in [-0.05, 0) is 30.1 Å². The molecule has 2 aromatic heterocycles. The van der Waals surface area contributed by atoms with Crippen molar-refractivity contribution in [1.82, 2.24) is 19.4 Å². The van der Waals surface area contributed by atoms with Gasteiger partial charge in [-0.2, -0.15) is 9.29 Å². The van der Waals surface area contributed by atoms with Crippen molar-refractivity contribution < 1.29 is 12.9 Å². The van der Waals surface area contributed by atoms with Crippen LogP contribution in [0.3, 0.4) is 0 Å². The monoisotopic (exact) mass is 366 g/mol. The summed E-state index contributed by atoms with van der Waals surface area (Å²) in [5.74, 6) is 1.45. The van der Waals surface area contributed by atoms with Gasteiger partial charge in [0.2, 0.25) is 15.9 Å². The van der Waals surface area contributed by atoms with Gasteiger partial charge >= 0.3 is 0 Å². The highest BCUT2D eigenvalue weighted by atomic mass is 32.2. The van der Waals surface area contributed by atoms with Gasteiger partial charge in [-0.25, -0.2) is 13.4 Å². The van der Waals surface area contributed by atoms with Crippen LogP contribution < -0.4 is 9.80 Å². The van der Waals surface area contributed by atoms with Crippen LogP contribution in [0.4, 0.5) is 11.8 Å². The second-order valence-electron chi connectivity index (χ2n) is 6.35. The van der Waals surface area contributed by atoms with Crippen LogP contribution in [-0.4, -0.2) is 62.6 Å². The number of sulfonamides is 1. The molecule has 1 aliphatic rings.